The summed E-state index contributed by atoms with van der Waals surface area (Å²) in [7, 11) is 0. The van der Waals surface area contributed by atoms with Crippen LogP contribution in [-0.2, 0) is 9.97 Å². The number of benzene rings is 2. The molecule has 1 spiro atoms. The molecule has 2 aromatic carbocycles. The van der Waals surface area contributed by atoms with Gasteiger partial charge in [0.25, 0.3) is 0 Å². The number of rotatable bonds is 5. The van der Waals surface area contributed by atoms with E-state index < -0.39 is 18.7 Å². The minimum absolute atomic E-state index is 0.0695. The predicted molar refractivity (Wildman–Crippen MR) is 164 cm³/mol. The zero-order valence-electron chi connectivity index (χ0n) is 24.8. The summed E-state index contributed by atoms with van der Waals surface area (Å²) in [6.45, 7) is 9.14. The van der Waals surface area contributed by atoms with Gasteiger partial charge < -0.3 is 0 Å². The molecule has 4 nitrogen and oxygen atoms in total. The summed E-state index contributed by atoms with van der Waals surface area (Å²) in [5, 5.41) is 2.25. The Morgan fingerprint density at radius 2 is 1.62 bits per heavy atom. The molecule has 0 aliphatic carbocycles. The van der Waals surface area contributed by atoms with Crippen molar-refractivity contribution in [2.24, 2.45) is 0 Å². The van der Waals surface area contributed by atoms with Gasteiger partial charge in [-0.1, -0.05) is 0 Å². The van der Waals surface area contributed by atoms with Crippen molar-refractivity contribution in [1.29, 1.82) is 0 Å². The fraction of sp³-hybridized carbons (Fsp3) is 0.270. The monoisotopic (exact) mass is 666 g/mol. The van der Waals surface area contributed by atoms with Gasteiger partial charge in [-0.25, -0.2) is 0 Å². The average Bonchev–Trinajstić information content (AvgIpc) is 3.54. The molecule has 5 heteroatoms. The van der Waals surface area contributed by atoms with E-state index in [4.69, 9.17) is 9.40 Å². The van der Waals surface area contributed by atoms with E-state index in [2.05, 4.69) is 119 Å². The Balaban J connectivity index is 1.53. The van der Waals surface area contributed by atoms with Crippen LogP contribution in [0.15, 0.2) is 95.7 Å². The number of hydrogen-bond acceptors (Lipinski definition) is 2. The van der Waals surface area contributed by atoms with Crippen LogP contribution in [0.4, 0.5) is 0 Å². The maximum absolute atomic E-state index is 6.71. The second-order valence-corrected chi connectivity index (χ2v) is 20.1. The Morgan fingerprint density at radius 3 is 2.45 bits per heavy atom. The molecule has 212 valence electrons. The Bertz CT molecular complexity index is 2040. The van der Waals surface area contributed by atoms with Crippen LogP contribution in [0, 0.1) is 14.1 Å². The van der Waals surface area contributed by atoms with Crippen LogP contribution in [0.3, 0.4) is 0 Å². The Hall–Kier alpha value is -3.58. The van der Waals surface area contributed by atoms with Crippen molar-refractivity contribution in [3.63, 3.8) is 0 Å². The van der Waals surface area contributed by atoms with Crippen LogP contribution in [-0.4, -0.2) is 4.98 Å². The molecule has 1 atom stereocenters. The molecule has 0 N–H and O–H groups in total. The molecule has 6 heterocycles. The van der Waals surface area contributed by atoms with Crippen molar-refractivity contribution in [3.05, 3.63) is 110 Å². The molecule has 1 unspecified atom stereocenters. The number of alkyl halides is 1. The first-order valence-corrected chi connectivity index (χ1v) is 19.5. The van der Waals surface area contributed by atoms with Crippen LogP contribution in [0.25, 0.3) is 44.6 Å². The summed E-state index contributed by atoms with van der Waals surface area (Å²) in [6.07, 6.45) is 10.5. The van der Waals surface area contributed by atoms with E-state index in [0.717, 1.165) is 47.0 Å². The molecular formula is C37H37IN3O+. The third-order valence-electron chi connectivity index (χ3n) is 9.54. The summed E-state index contributed by atoms with van der Waals surface area (Å²) in [6, 6.07) is 30.0. The first-order valence-electron chi connectivity index (χ1n) is 15.3. The summed E-state index contributed by atoms with van der Waals surface area (Å²) in [4.78, 5) is 4.79. The van der Waals surface area contributed by atoms with E-state index in [0.29, 0.717) is 0 Å². The number of halogens is 1. The Morgan fingerprint density at radius 1 is 0.810 bits per heavy atom. The van der Waals surface area contributed by atoms with E-state index in [9.17, 15) is 0 Å². The standard InChI is InChI=1S/C37H37IN3O/c1-5-8-13-26-21-23-40-33(24-26)29-14-9-10-15-30(29)38(37(40,6-2)7-3)31-20-19-27-28-18-17-25(4)39-36(28)42-35(27)34(31)32-16-11-12-22-41(32)38/h9-12,14-24H,5-8,13H2,1-4H3/q+1. The number of aryl methyl sites for hydroxylation is 2. The van der Waals surface area contributed by atoms with Gasteiger partial charge in [-0.2, -0.15) is 0 Å². The first kappa shape index (κ1) is 26.1. The van der Waals surface area contributed by atoms with Crippen LogP contribution < -0.4 is 26.1 Å². The van der Waals surface area contributed by atoms with Gasteiger partial charge in [-0.05, 0) is 0 Å². The zero-order chi connectivity index (χ0) is 28.6. The van der Waals surface area contributed by atoms with Gasteiger partial charge in [0.2, 0.25) is 0 Å². The van der Waals surface area contributed by atoms with E-state index in [-0.39, 0.29) is 3.55 Å². The van der Waals surface area contributed by atoms with E-state index >= 15 is 0 Å². The third-order valence-corrected chi connectivity index (χ3v) is 22.1. The molecule has 2 aliphatic heterocycles. The molecule has 8 rings (SSSR count). The van der Waals surface area contributed by atoms with Crippen molar-refractivity contribution in [2.75, 3.05) is 0 Å². The fourth-order valence-corrected chi connectivity index (χ4v) is 21.7. The average molecular weight is 667 g/mol. The van der Waals surface area contributed by atoms with Crippen LogP contribution >= 0.6 is 0 Å². The third kappa shape index (κ3) is 3.15. The minimum atomic E-state index is -3.41. The molecule has 4 aromatic heterocycles. The second-order valence-electron chi connectivity index (χ2n) is 11.6. The van der Waals surface area contributed by atoms with Gasteiger partial charge in [-0.3, -0.25) is 0 Å². The predicted octanol–water partition coefficient (Wildman–Crippen LogP) is 5.00. The van der Waals surface area contributed by atoms with Crippen LogP contribution in [0.1, 0.15) is 57.7 Å². The molecule has 0 bridgehead atoms. The molecule has 0 saturated heterocycles. The summed E-state index contributed by atoms with van der Waals surface area (Å²) < 4.78 is 15.1. The molecule has 0 radical (unpaired) electrons. The van der Waals surface area contributed by atoms with E-state index in [1.54, 1.807) is 3.57 Å². The quantitative estimate of drug-likeness (QED) is 0.148. The van der Waals surface area contributed by atoms with Crippen LogP contribution in [0.5, 0.6) is 0 Å². The number of unbranched alkanes of at least 4 members (excludes halogenated alkanes) is 1. The van der Waals surface area contributed by atoms with Crippen molar-refractivity contribution in [3.8, 4) is 22.5 Å². The van der Waals surface area contributed by atoms with Gasteiger partial charge in [0, 0.05) is 0 Å². The summed E-state index contributed by atoms with van der Waals surface area (Å²) in [5.74, 6) is 0. The number of pyridine rings is 3. The zero-order valence-corrected chi connectivity index (χ0v) is 27.0. The van der Waals surface area contributed by atoms with Crippen molar-refractivity contribution < 1.29 is 30.5 Å². The molecule has 0 amide bonds. The molecular weight excluding hydrogens is 629 g/mol. The molecule has 2 aliphatic rings. The number of nitrogens with zero attached hydrogens (tertiary/aromatic N) is 3. The van der Waals surface area contributed by atoms with Crippen LogP contribution in [0.2, 0.25) is 0 Å². The van der Waals surface area contributed by atoms with E-state index in [1.165, 1.54) is 44.5 Å². The van der Waals surface area contributed by atoms with Gasteiger partial charge in [-0.15, -0.1) is 0 Å². The number of furan rings is 1. The summed E-state index contributed by atoms with van der Waals surface area (Å²) in [5.41, 5.74) is 9.42. The summed E-state index contributed by atoms with van der Waals surface area (Å²) >= 11 is -3.41. The number of aromatic nitrogens is 3. The maximum atomic E-state index is 6.71. The van der Waals surface area contributed by atoms with Crippen molar-refractivity contribution >= 4 is 22.1 Å². The molecule has 0 saturated carbocycles. The molecule has 6 aromatic rings. The Kier molecular flexibility index (Phi) is 5.88. The van der Waals surface area contributed by atoms with E-state index in [1.807, 2.05) is 6.92 Å². The van der Waals surface area contributed by atoms with Gasteiger partial charge in [0.1, 0.15) is 0 Å². The SMILES string of the molecule is CCCCc1cc[n+]2c(c1)-c1ccccc1[I-]1(c3ccc4c(oc5nc(C)ccc54)c3-c3cccc[n+]31)C2(CC)CC. The topological polar surface area (TPSA) is 33.8 Å². The van der Waals surface area contributed by atoms with Gasteiger partial charge >= 0.3 is 253 Å². The van der Waals surface area contributed by atoms with Crippen molar-refractivity contribution in [1.82, 2.24) is 4.98 Å². The molecule has 42 heavy (non-hydrogen) atoms. The number of fused-ring (bicyclic) bond motifs is 13. The first-order chi connectivity index (χ1) is 20.6. The van der Waals surface area contributed by atoms with Gasteiger partial charge in [0.05, 0.1) is 0 Å². The fourth-order valence-electron chi connectivity index (χ4n) is 7.60. The van der Waals surface area contributed by atoms with Gasteiger partial charge in [0.15, 0.2) is 0 Å². The molecule has 0 fully saturated rings. The number of hydrogen-bond donors (Lipinski definition) is 0. The second kappa shape index (κ2) is 9.46. The van der Waals surface area contributed by atoms with Crippen molar-refractivity contribution in [2.45, 2.75) is 63.3 Å². The normalized spacial score (nSPS) is 19.3. The Labute approximate surface area is 251 Å².